The van der Waals surface area contributed by atoms with Crippen molar-refractivity contribution in [3.63, 3.8) is 0 Å². The van der Waals surface area contributed by atoms with Gasteiger partial charge in [0.15, 0.2) is 11.5 Å². The number of rotatable bonds is 9. The molecule has 0 fully saturated rings. The Hall–Kier alpha value is -2.49. The molecular formula is C23H25ClNO2+. The van der Waals surface area contributed by atoms with E-state index in [1.807, 2.05) is 48.5 Å². The first-order valence-electron chi connectivity index (χ1n) is 9.15. The Morgan fingerprint density at radius 3 is 2.19 bits per heavy atom. The second-order valence-corrected chi connectivity index (χ2v) is 6.81. The summed E-state index contributed by atoms with van der Waals surface area (Å²) >= 11 is 6.47. The number of ether oxygens (including phenoxy) is 2. The molecule has 27 heavy (non-hydrogen) atoms. The van der Waals surface area contributed by atoms with Crippen LogP contribution in [0, 0.1) is 0 Å². The van der Waals surface area contributed by atoms with Crippen molar-refractivity contribution in [2.24, 2.45) is 0 Å². The van der Waals surface area contributed by atoms with E-state index in [-0.39, 0.29) is 0 Å². The molecule has 0 saturated heterocycles. The van der Waals surface area contributed by atoms with E-state index in [9.17, 15) is 0 Å². The number of benzene rings is 3. The van der Waals surface area contributed by atoms with Gasteiger partial charge in [0.05, 0.1) is 18.7 Å². The van der Waals surface area contributed by atoms with Gasteiger partial charge in [-0.3, -0.25) is 0 Å². The fourth-order valence-electron chi connectivity index (χ4n) is 2.94. The van der Waals surface area contributed by atoms with Crippen molar-refractivity contribution in [2.75, 3.05) is 13.7 Å². The van der Waals surface area contributed by atoms with Gasteiger partial charge >= 0.3 is 0 Å². The molecule has 4 heteroatoms. The van der Waals surface area contributed by atoms with Crippen LogP contribution in [0.5, 0.6) is 11.5 Å². The van der Waals surface area contributed by atoms with Crippen LogP contribution in [0.3, 0.4) is 0 Å². The molecular weight excluding hydrogens is 358 g/mol. The number of hydrogen-bond donors (Lipinski definition) is 1. The molecule has 3 aromatic rings. The Morgan fingerprint density at radius 1 is 0.852 bits per heavy atom. The molecule has 0 heterocycles. The van der Waals surface area contributed by atoms with Gasteiger partial charge in [-0.2, -0.15) is 0 Å². The predicted octanol–water partition coefficient (Wildman–Crippen LogP) is 4.23. The molecule has 3 rings (SSSR count). The van der Waals surface area contributed by atoms with E-state index in [2.05, 4.69) is 29.6 Å². The zero-order chi connectivity index (χ0) is 18.9. The molecule has 0 spiro atoms. The van der Waals surface area contributed by atoms with Crippen LogP contribution in [-0.2, 0) is 19.6 Å². The van der Waals surface area contributed by atoms with Gasteiger partial charge in [0, 0.05) is 12.0 Å². The van der Waals surface area contributed by atoms with Crippen molar-refractivity contribution in [2.45, 2.75) is 19.6 Å². The lowest BCUT2D eigenvalue weighted by Crippen LogP contribution is -2.83. The van der Waals surface area contributed by atoms with Gasteiger partial charge in [-0.25, -0.2) is 0 Å². The highest BCUT2D eigenvalue weighted by molar-refractivity contribution is 6.32. The zero-order valence-corrected chi connectivity index (χ0v) is 16.3. The van der Waals surface area contributed by atoms with Gasteiger partial charge in [-0.15, -0.1) is 0 Å². The Kier molecular flexibility index (Phi) is 7.14. The van der Waals surface area contributed by atoms with Crippen molar-refractivity contribution in [1.29, 1.82) is 0 Å². The normalized spacial score (nSPS) is 10.6. The maximum atomic E-state index is 6.47. The molecule has 0 aromatic heterocycles. The number of methoxy groups -OCH3 is 1. The van der Waals surface area contributed by atoms with E-state index in [1.165, 1.54) is 5.56 Å². The van der Waals surface area contributed by atoms with Gasteiger partial charge in [-0.1, -0.05) is 72.3 Å². The zero-order valence-electron chi connectivity index (χ0n) is 15.5. The SMILES string of the molecule is COc1cc(C[NH2+]CCc2ccccc2)cc(Cl)c1OCc1ccccc1. The number of nitrogens with two attached hydrogens (primary N) is 1. The molecule has 0 unspecified atom stereocenters. The lowest BCUT2D eigenvalue weighted by molar-refractivity contribution is -0.670. The fraction of sp³-hybridized carbons (Fsp3) is 0.217. The van der Waals surface area contributed by atoms with Crippen molar-refractivity contribution in [3.8, 4) is 11.5 Å². The maximum absolute atomic E-state index is 6.47. The first-order valence-corrected chi connectivity index (χ1v) is 9.53. The Labute approximate surface area is 165 Å². The minimum atomic E-state index is 0.458. The minimum absolute atomic E-state index is 0.458. The standard InChI is InChI=1S/C23H24ClNO2/c1-26-22-15-20(16-25-13-12-18-8-4-2-5-9-18)14-21(24)23(22)27-17-19-10-6-3-7-11-19/h2-11,14-15,25H,12-13,16-17H2,1H3/p+1. The Bertz CT molecular complexity index is 838. The van der Waals surface area contributed by atoms with Crippen molar-refractivity contribution >= 4 is 11.6 Å². The first-order chi connectivity index (χ1) is 13.3. The van der Waals surface area contributed by atoms with Crippen LogP contribution in [0.2, 0.25) is 5.02 Å². The molecule has 2 N–H and O–H groups in total. The summed E-state index contributed by atoms with van der Waals surface area (Å²) in [5.74, 6) is 1.26. The summed E-state index contributed by atoms with van der Waals surface area (Å²) in [5.41, 5.74) is 3.57. The van der Waals surface area contributed by atoms with Crippen molar-refractivity contribution in [3.05, 3.63) is 94.5 Å². The summed E-state index contributed by atoms with van der Waals surface area (Å²) in [5, 5.41) is 2.86. The van der Waals surface area contributed by atoms with Gasteiger partial charge in [0.2, 0.25) is 0 Å². The van der Waals surface area contributed by atoms with E-state index in [0.717, 1.165) is 30.6 Å². The van der Waals surface area contributed by atoms with Crippen LogP contribution in [0.1, 0.15) is 16.7 Å². The van der Waals surface area contributed by atoms with Crippen LogP contribution >= 0.6 is 11.6 Å². The molecule has 0 saturated carbocycles. The third kappa shape index (κ3) is 5.75. The molecule has 0 radical (unpaired) electrons. The topological polar surface area (TPSA) is 35.1 Å². The maximum Gasteiger partial charge on any atom is 0.180 e. The molecule has 0 aliphatic carbocycles. The molecule has 0 aliphatic heterocycles. The predicted molar refractivity (Wildman–Crippen MR) is 109 cm³/mol. The van der Waals surface area contributed by atoms with Crippen LogP contribution < -0.4 is 14.8 Å². The Balaban J connectivity index is 1.58. The molecule has 0 amide bonds. The number of hydrogen-bond acceptors (Lipinski definition) is 2. The second kappa shape index (κ2) is 10.0. The summed E-state index contributed by atoms with van der Waals surface area (Å²) in [6.07, 6.45) is 1.05. The third-order valence-corrected chi connectivity index (χ3v) is 4.66. The average Bonchev–Trinajstić information content (AvgIpc) is 2.71. The van der Waals surface area contributed by atoms with E-state index < -0.39 is 0 Å². The van der Waals surface area contributed by atoms with Gasteiger partial charge in [0.1, 0.15) is 13.2 Å². The number of halogens is 1. The smallest absolute Gasteiger partial charge is 0.180 e. The quantitative estimate of drug-likeness (QED) is 0.562. The molecule has 3 nitrogen and oxygen atoms in total. The summed E-state index contributed by atoms with van der Waals surface area (Å²) in [7, 11) is 1.64. The summed E-state index contributed by atoms with van der Waals surface area (Å²) in [4.78, 5) is 0. The molecule has 0 aliphatic rings. The van der Waals surface area contributed by atoms with E-state index >= 15 is 0 Å². The van der Waals surface area contributed by atoms with Crippen molar-refractivity contribution < 1.29 is 14.8 Å². The van der Waals surface area contributed by atoms with Gasteiger partial charge in [-0.05, 0) is 23.3 Å². The first kappa shape index (κ1) is 19.3. The monoisotopic (exact) mass is 382 g/mol. The van der Waals surface area contributed by atoms with E-state index in [4.69, 9.17) is 21.1 Å². The lowest BCUT2D eigenvalue weighted by Gasteiger charge is -2.14. The minimum Gasteiger partial charge on any atom is -0.493 e. The highest BCUT2D eigenvalue weighted by Gasteiger charge is 2.13. The third-order valence-electron chi connectivity index (χ3n) is 4.38. The summed E-state index contributed by atoms with van der Waals surface area (Å²) in [6.45, 7) is 2.33. The van der Waals surface area contributed by atoms with Gasteiger partial charge < -0.3 is 14.8 Å². The lowest BCUT2D eigenvalue weighted by atomic mass is 10.1. The largest absolute Gasteiger partial charge is 0.493 e. The average molecular weight is 383 g/mol. The van der Waals surface area contributed by atoms with E-state index in [1.54, 1.807) is 7.11 Å². The van der Waals surface area contributed by atoms with E-state index in [0.29, 0.717) is 23.1 Å². The van der Waals surface area contributed by atoms with Crippen LogP contribution in [-0.4, -0.2) is 13.7 Å². The van der Waals surface area contributed by atoms with Crippen LogP contribution in [0.15, 0.2) is 72.8 Å². The number of quaternary nitrogens is 1. The summed E-state index contributed by atoms with van der Waals surface area (Å²) in [6, 6.07) is 24.5. The molecule has 0 atom stereocenters. The molecule has 140 valence electrons. The van der Waals surface area contributed by atoms with Crippen LogP contribution in [0.4, 0.5) is 0 Å². The van der Waals surface area contributed by atoms with Gasteiger partial charge in [0.25, 0.3) is 0 Å². The van der Waals surface area contributed by atoms with Crippen LogP contribution in [0.25, 0.3) is 0 Å². The Morgan fingerprint density at radius 2 is 1.52 bits per heavy atom. The van der Waals surface area contributed by atoms with Crippen molar-refractivity contribution in [1.82, 2.24) is 0 Å². The second-order valence-electron chi connectivity index (χ2n) is 6.40. The highest BCUT2D eigenvalue weighted by Crippen LogP contribution is 2.36. The highest BCUT2D eigenvalue weighted by atomic mass is 35.5. The summed E-state index contributed by atoms with van der Waals surface area (Å²) < 4.78 is 11.4. The molecule has 3 aromatic carbocycles. The fourth-order valence-corrected chi connectivity index (χ4v) is 3.23. The molecule has 0 bridgehead atoms.